The molecule has 0 saturated carbocycles. The molecule has 0 atom stereocenters. The van der Waals surface area contributed by atoms with Gasteiger partial charge in [-0.3, -0.25) is 4.79 Å². The molecular weight excluding hydrogens is 366 g/mol. The molecular formula is C28H22NO+. The van der Waals surface area contributed by atoms with Gasteiger partial charge in [0.25, 0.3) is 0 Å². The van der Waals surface area contributed by atoms with Gasteiger partial charge >= 0.3 is 0 Å². The lowest BCUT2D eigenvalue weighted by Gasteiger charge is -2.08. The van der Waals surface area contributed by atoms with Crippen LogP contribution in [-0.2, 0) is 13.0 Å². The first-order chi connectivity index (χ1) is 14.8. The van der Waals surface area contributed by atoms with Gasteiger partial charge < -0.3 is 0 Å². The zero-order chi connectivity index (χ0) is 20.3. The standard InChI is InChI=1S/C28H22NO/c30-28(24-10-2-1-3-11-24)20-29-26(17-16-23-9-6-7-13-27(23)29)19-21-14-15-22-8-4-5-12-25(22)18-21/h1-18H,19-20H2/q+1. The lowest BCUT2D eigenvalue weighted by Crippen LogP contribution is -2.43. The van der Waals surface area contributed by atoms with Crippen molar-refractivity contribution >= 4 is 27.5 Å². The third-order valence-corrected chi connectivity index (χ3v) is 5.63. The van der Waals surface area contributed by atoms with Crippen LogP contribution in [0.2, 0.25) is 0 Å². The molecule has 0 N–H and O–H groups in total. The highest BCUT2D eigenvalue weighted by atomic mass is 16.1. The molecule has 0 spiro atoms. The molecule has 30 heavy (non-hydrogen) atoms. The number of benzene rings is 4. The van der Waals surface area contributed by atoms with Crippen molar-refractivity contribution in [2.45, 2.75) is 13.0 Å². The molecule has 144 valence electrons. The van der Waals surface area contributed by atoms with Gasteiger partial charge in [-0.2, -0.15) is 4.57 Å². The second-order valence-electron chi connectivity index (χ2n) is 7.62. The topological polar surface area (TPSA) is 20.9 Å². The molecule has 0 aliphatic rings. The summed E-state index contributed by atoms with van der Waals surface area (Å²) in [6.45, 7) is 0.328. The van der Waals surface area contributed by atoms with Crippen LogP contribution >= 0.6 is 0 Å². The van der Waals surface area contributed by atoms with Crippen molar-refractivity contribution < 1.29 is 9.36 Å². The lowest BCUT2D eigenvalue weighted by atomic mass is 10.0. The summed E-state index contributed by atoms with van der Waals surface area (Å²) in [5.74, 6) is 0.122. The van der Waals surface area contributed by atoms with Crippen LogP contribution in [0.25, 0.3) is 21.7 Å². The summed E-state index contributed by atoms with van der Waals surface area (Å²) in [4.78, 5) is 13.0. The van der Waals surface area contributed by atoms with E-state index in [9.17, 15) is 4.79 Å². The number of aromatic nitrogens is 1. The Bertz CT molecular complexity index is 1360. The zero-order valence-corrected chi connectivity index (χ0v) is 16.7. The largest absolute Gasteiger partial charge is 0.287 e. The van der Waals surface area contributed by atoms with E-state index in [-0.39, 0.29) is 5.78 Å². The Kier molecular flexibility index (Phi) is 4.82. The minimum atomic E-state index is 0.122. The van der Waals surface area contributed by atoms with Crippen molar-refractivity contribution in [3.8, 4) is 0 Å². The molecule has 4 aromatic carbocycles. The first-order valence-electron chi connectivity index (χ1n) is 10.2. The Balaban J connectivity index is 1.57. The fourth-order valence-electron chi connectivity index (χ4n) is 4.06. The summed E-state index contributed by atoms with van der Waals surface area (Å²) in [5.41, 5.74) is 4.20. The third kappa shape index (κ3) is 3.60. The Hall–Kier alpha value is -3.78. The fraction of sp³-hybridized carbons (Fsp3) is 0.0714. The fourth-order valence-corrected chi connectivity index (χ4v) is 4.06. The monoisotopic (exact) mass is 388 g/mol. The zero-order valence-electron chi connectivity index (χ0n) is 16.7. The van der Waals surface area contributed by atoms with E-state index in [4.69, 9.17) is 0 Å². The predicted octanol–water partition coefficient (Wildman–Crippen LogP) is 5.75. The summed E-state index contributed by atoms with van der Waals surface area (Å²) in [6, 6.07) is 37.1. The number of rotatable bonds is 5. The molecule has 5 aromatic rings. The Morgan fingerprint density at radius 1 is 0.633 bits per heavy atom. The number of pyridine rings is 1. The van der Waals surface area contributed by atoms with Crippen LogP contribution < -0.4 is 4.57 Å². The van der Waals surface area contributed by atoms with E-state index in [1.807, 2.05) is 42.5 Å². The van der Waals surface area contributed by atoms with E-state index >= 15 is 0 Å². The Morgan fingerprint density at radius 3 is 2.13 bits per heavy atom. The number of carbonyl (C=O) groups is 1. The van der Waals surface area contributed by atoms with Crippen LogP contribution in [0, 0.1) is 0 Å². The first-order valence-corrected chi connectivity index (χ1v) is 10.2. The number of para-hydroxylation sites is 1. The van der Waals surface area contributed by atoms with Gasteiger partial charge in [-0.15, -0.1) is 0 Å². The van der Waals surface area contributed by atoms with Crippen LogP contribution in [0.15, 0.2) is 109 Å². The highest BCUT2D eigenvalue weighted by Crippen LogP contribution is 2.19. The van der Waals surface area contributed by atoms with E-state index in [2.05, 4.69) is 71.3 Å². The van der Waals surface area contributed by atoms with Crippen LogP contribution in [0.5, 0.6) is 0 Å². The van der Waals surface area contributed by atoms with Crippen molar-refractivity contribution in [3.63, 3.8) is 0 Å². The minimum absolute atomic E-state index is 0.122. The average molecular weight is 388 g/mol. The van der Waals surface area contributed by atoms with E-state index in [1.165, 1.54) is 16.3 Å². The highest BCUT2D eigenvalue weighted by Gasteiger charge is 2.20. The molecule has 0 unspecified atom stereocenters. The Labute approximate surface area is 176 Å². The van der Waals surface area contributed by atoms with Crippen LogP contribution in [0.3, 0.4) is 0 Å². The SMILES string of the molecule is O=C(C[n+]1c(Cc2ccc3ccccc3c2)ccc2ccccc21)c1ccccc1. The molecule has 0 aliphatic carbocycles. The summed E-state index contributed by atoms with van der Waals surface area (Å²) >= 11 is 0. The predicted molar refractivity (Wildman–Crippen MR) is 122 cm³/mol. The molecule has 5 rings (SSSR count). The molecule has 0 amide bonds. The quantitative estimate of drug-likeness (QED) is 0.277. The number of hydrogen-bond donors (Lipinski definition) is 0. The van der Waals surface area contributed by atoms with Crippen molar-refractivity contribution in [1.82, 2.24) is 0 Å². The second-order valence-corrected chi connectivity index (χ2v) is 7.62. The molecule has 2 heteroatoms. The van der Waals surface area contributed by atoms with Crippen molar-refractivity contribution in [2.24, 2.45) is 0 Å². The smallest absolute Gasteiger partial charge is 0.227 e. The summed E-state index contributed by atoms with van der Waals surface area (Å²) in [6.07, 6.45) is 0.776. The molecule has 0 bridgehead atoms. The van der Waals surface area contributed by atoms with Crippen LogP contribution in [0.4, 0.5) is 0 Å². The normalized spacial score (nSPS) is 11.1. The minimum Gasteiger partial charge on any atom is -0.287 e. The number of hydrogen-bond acceptors (Lipinski definition) is 1. The number of Topliss-reactive ketones (excluding diaryl/α,β-unsaturated/α-hetero) is 1. The molecule has 0 radical (unpaired) electrons. The van der Waals surface area contributed by atoms with Gasteiger partial charge in [0.2, 0.25) is 17.8 Å². The third-order valence-electron chi connectivity index (χ3n) is 5.63. The van der Waals surface area contributed by atoms with Crippen LogP contribution in [0.1, 0.15) is 21.6 Å². The van der Waals surface area contributed by atoms with Crippen molar-refractivity contribution in [1.29, 1.82) is 0 Å². The highest BCUT2D eigenvalue weighted by molar-refractivity contribution is 5.95. The number of fused-ring (bicyclic) bond motifs is 2. The van der Waals surface area contributed by atoms with Gasteiger partial charge in [0.05, 0.1) is 6.42 Å². The molecule has 0 fully saturated rings. The van der Waals surface area contributed by atoms with E-state index in [0.717, 1.165) is 28.6 Å². The molecule has 0 saturated heterocycles. The average Bonchev–Trinajstić information content (AvgIpc) is 2.81. The maximum atomic E-state index is 13.0. The van der Waals surface area contributed by atoms with Crippen molar-refractivity contribution in [3.05, 3.63) is 126 Å². The molecule has 1 aromatic heterocycles. The van der Waals surface area contributed by atoms with Gasteiger partial charge in [0.15, 0.2) is 5.69 Å². The molecule has 2 nitrogen and oxygen atoms in total. The van der Waals surface area contributed by atoms with Gasteiger partial charge in [-0.1, -0.05) is 84.9 Å². The number of ketones is 1. The van der Waals surface area contributed by atoms with Gasteiger partial charge in [0.1, 0.15) is 0 Å². The summed E-state index contributed by atoms with van der Waals surface area (Å²) < 4.78 is 2.17. The van der Waals surface area contributed by atoms with E-state index in [1.54, 1.807) is 0 Å². The molecule has 1 heterocycles. The van der Waals surface area contributed by atoms with Crippen LogP contribution in [-0.4, -0.2) is 5.78 Å². The maximum absolute atomic E-state index is 13.0. The van der Waals surface area contributed by atoms with Crippen molar-refractivity contribution in [2.75, 3.05) is 0 Å². The van der Waals surface area contributed by atoms with E-state index in [0.29, 0.717) is 6.54 Å². The Morgan fingerprint density at radius 2 is 1.30 bits per heavy atom. The van der Waals surface area contributed by atoms with E-state index < -0.39 is 0 Å². The summed E-state index contributed by atoms with van der Waals surface area (Å²) in [5, 5.41) is 3.62. The number of carbonyl (C=O) groups excluding carboxylic acids is 1. The maximum Gasteiger partial charge on any atom is 0.227 e. The van der Waals surface area contributed by atoms with Gasteiger partial charge in [-0.05, 0) is 28.5 Å². The summed E-state index contributed by atoms with van der Waals surface area (Å²) in [7, 11) is 0. The van der Waals surface area contributed by atoms with Gasteiger partial charge in [0, 0.05) is 23.1 Å². The van der Waals surface area contributed by atoms with Gasteiger partial charge in [-0.25, -0.2) is 0 Å². The first kappa shape index (κ1) is 18.3. The number of nitrogens with zero attached hydrogens (tertiary/aromatic N) is 1. The lowest BCUT2D eigenvalue weighted by molar-refractivity contribution is -0.664. The second kappa shape index (κ2) is 7.92. The molecule has 0 aliphatic heterocycles.